The van der Waals surface area contributed by atoms with E-state index in [2.05, 4.69) is 6.92 Å². The minimum absolute atomic E-state index is 0.251. The number of hydrogen-bond acceptors (Lipinski definition) is 4. The van der Waals surface area contributed by atoms with Crippen LogP contribution in [-0.4, -0.2) is 21.2 Å². The van der Waals surface area contributed by atoms with E-state index in [-0.39, 0.29) is 10.3 Å². The van der Waals surface area contributed by atoms with Crippen molar-refractivity contribution in [1.29, 1.82) is 0 Å². The van der Waals surface area contributed by atoms with Crippen LogP contribution in [0.15, 0.2) is 95.0 Å². The van der Waals surface area contributed by atoms with Crippen molar-refractivity contribution < 1.29 is 13.2 Å². The summed E-state index contributed by atoms with van der Waals surface area (Å²) in [6.45, 7) is 6.07. The van der Waals surface area contributed by atoms with Crippen molar-refractivity contribution in [3.8, 4) is 5.75 Å². The molecule has 0 saturated carbocycles. The first-order valence-corrected chi connectivity index (χ1v) is 12.3. The summed E-state index contributed by atoms with van der Waals surface area (Å²) in [4.78, 5) is 4.99. The number of methoxy groups -OCH3 is 1. The van der Waals surface area contributed by atoms with E-state index >= 15 is 0 Å². The van der Waals surface area contributed by atoms with Crippen LogP contribution in [0, 0.1) is 6.92 Å². The number of benzene rings is 3. The van der Waals surface area contributed by atoms with Crippen LogP contribution in [0.5, 0.6) is 5.75 Å². The molecule has 3 aromatic carbocycles. The highest BCUT2D eigenvalue weighted by Gasteiger charge is 2.36. The average molecular weight is 461 g/mol. The van der Waals surface area contributed by atoms with Crippen molar-refractivity contribution >= 4 is 27.1 Å². The first-order valence-electron chi connectivity index (χ1n) is 10.8. The van der Waals surface area contributed by atoms with Gasteiger partial charge < -0.3 is 4.74 Å². The Morgan fingerprint density at radius 3 is 2.36 bits per heavy atom. The molecule has 0 aliphatic carbocycles. The van der Waals surface area contributed by atoms with Gasteiger partial charge in [-0.3, -0.25) is 4.99 Å². The van der Waals surface area contributed by atoms with Crippen LogP contribution in [0.3, 0.4) is 0 Å². The van der Waals surface area contributed by atoms with Crippen LogP contribution in [0.25, 0.3) is 0 Å². The molecule has 1 aliphatic heterocycles. The van der Waals surface area contributed by atoms with Crippen LogP contribution in [0.4, 0.5) is 11.4 Å². The maximum Gasteiger partial charge on any atom is 0.268 e. The van der Waals surface area contributed by atoms with Crippen molar-refractivity contribution in [2.75, 3.05) is 11.4 Å². The summed E-state index contributed by atoms with van der Waals surface area (Å²) in [6, 6.07) is 21.9. The molecule has 0 amide bonds. The Morgan fingerprint density at radius 2 is 1.70 bits per heavy atom. The lowest BCUT2D eigenvalue weighted by Gasteiger charge is -2.26. The molecule has 0 unspecified atom stereocenters. The average Bonchev–Trinajstić information content (AvgIpc) is 3.06. The molecular formula is C27H28N2O3S. The Balaban J connectivity index is 1.69. The quantitative estimate of drug-likeness (QED) is 0.424. The van der Waals surface area contributed by atoms with Gasteiger partial charge in [-0.25, -0.2) is 12.7 Å². The zero-order valence-electron chi connectivity index (χ0n) is 19.3. The first kappa shape index (κ1) is 22.8. The lowest BCUT2D eigenvalue weighted by molar-refractivity contribution is 0.413. The summed E-state index contributed by atoms with van der Waals surface area (Å²) >= 11 is 0. The number of anilines is 1. The molecule has 0 radical (unpaired) electrons. The molecule has 170 valence electrons. The Labute approximate surface area is 196 Å². The van der Waals surface area contributed by atoms with Gasteiger partial charge in [0.25, 0.3) is 10.0 Å². The number of rotatable bonds is 7. The molecule has 1 heterocycles. The van der Waals surface area contributed by atoms with E-state index in [0.717, 1.165) is 28.3 Å². The molecule has 0 N–H and O–H groups in total. The molecule has 0 spiro atoms. The fraction of sp³-hybridized carbons (Fsp3) is 0.222. The predicted molar refractivity (Wildman–Crippen MR) is 134 cm³/mol. The Bertz CT molecular complexity index is 1310. The summed E-state index contributed by atoms with van der Waals surface area (Å²) in [6.07, 6.45) is 4.16. The zero-order chi connectivity index (χ0) is 23.6. The van der Waals surface area contributed by atoms with Gasteiger partial charge in [0.05, 0.1) is 23.4 Å². The summed E-state index contributed by atoms with van der Waals surface area (Å²) in [5.74, 6) is 0.779. The van der Waals surface area contributed by atoms with Crippen LogP contribution in [0.2, 0.25) is 0 Å². The number of fused-ring (bicyclic) bond motifs is 1. The van der Waals surface area contributed by atoms with Gasteiger partial charge in [0, 0.05) is 17.3 Å². The lowest BCUT2D eigenvalue weighted by Crippen LogP contribution is -2.28. The Hall–Kier alpha value is -3.38. The van der Waals surface area contributed by atoms with Crippen molar-refractivity contribution in [1.82, 2.24) is 0 Å². The van der Waals surface area contributed by atoms with Crippen LogP contribution in [-0.2, 0) is 15.4 Å². The predicted octanol–water partition coefficient (Wildman–Crippen LogP) is 6.17. The minimum atomic E-state index is -3.77. The number of sulfonamides is 1. The number of allylic oxidation sites excluding steroid dienone is 1. The van der Waals surface area contributed by atoms with Crippen LogP contribution < -0.4 is 9.04 Å². The topological polar surface area (TPSA) is 59.0 Å². The van der Waals surface area contributed by atoms with E-state index in [1.54, 1.807) is 37.6 Å². The largest absolute Gasteiger partial charge is 0.497 e. The van der Waals surface area contributed by atoms with Gasteiger partial charge in [0.2, 0.25) is 0 Å². The van der Waals surface area contributed by atoms with Crippen molar-refractivity contribution in [3.05, 3.63) is 96.2 Å². The molecule has 0 bridgehead atoms. The molecule has 5 nitrogen and oxygen atoms in total. The van der Waals surface area contributed by atoms with Gasteiger partial charge in [0.15, 0.2) is 0 Å². The standard InChI is InChI=1S/C27H28N2O3S/c1-20-11-14-24(15-12-20)33(30,31)29(22-9-6-5-7-10-22)18-8-17-27(3)21(2)28-26-16-13-23(32-4)19-25(26)27/h5-16,18-19H,17H2,1-4H3/b18-8+/t27-/m0/s1. The van der Waals surface area contributed by atoms with Gasteiger partial charge in [-0.1, -0.05) is 42.0 Å². The molecule has 0 fully saturated rings. The third kappa shape index (κ3) is 4.31. The SMILES string of the molecule is COc1ccc2c(c1)[C@@](C)(C/C=C/N(c1ccccc1)S(=O)(=O)c1ccc(C)cc1)C(C)=N2. The Morgan fingerprint density at radius 1 is 1.00 bits per heavy atom. The molecule has 33 heavy (non-hydrogen) atoms. The maximum absolute atomic E-state index is 13.5. The third-order valence-electron chi connectivity index (χ3n) is 6.24. The highest BCUT2D eigenvalue weighted by Crippen LogP contribution is 2.44. The van der Waals surface area contributed by atoms with E-state index in [0.29, 0.717) is 12.1 Å². The number of nitrogens with zero attached hydrogens (tertiary/aromatic N) is 2. The normalized spacial score (nSPS) is 17.6. The third-order valence-corrected chi connectivity index (χ3v) is 7.96. The highest BCUT2D eigenvalue weighted by molar-refractivity contribution is 7.93. The summed E-state index contributed by atoms with van der Waals surface area (Å²) in [5, 5.41) is 0. The maximum atomic E-state index is 13.5. The molecule has 1 aliphatic rings. The van der Waals surface area contributed by atoms with Gasteiger partial charge >= 0.3 is 0 Å². The van der Waals surface area contributed by atoms with Crippen molar-refractivity contribution in [2.45, 2.75) is 37.5 Å². The Kier molecular flexibility index (Phi) is 6.13. The summed E-state index contributed by atoms with van der Waals surface area (Å²) < 4.78 is 33.8. The monoisotopic (exact) mass is 460 g/mol. The number of aryl methyl sites for hydroxylation is 1. The van der Waals surface area contributed by atoms with Gasteiger partial charge in [-0.05, 0) is 75.2 Å². The van der Waals surface area contributed by atoms with E-state index in [1.807, 2.05) is 68.5 Å². The van der Waals surface area contributed by atoms with Gasteiger partial charge in [-0.2, -0.15) is 0 Å². The van der Waals surface area contributed by atoms with Crippen molar-refractivity contribution in [3.63, 3.8) is 0 Å². The summed E-state index contributed by atoms with van der Waals surface area (Å²) in [5.41, 5.74) is 4.24. The molecule has 0 aromatic heterocycles. The van der Waals surface area contributed by atoms with E-state index < -0.39 is 10.0 Å². The van der Waals surface area contributed by atoms with Crippen molar-refractivity contribution in [2.24, 2.45) is 4.99 Å². The highest BCUT2D eigenvalue weighted by atomic mass is 32.2. The number of para-hydroxylation sites is 1. The van der Waals surface area contributed by atoms with E-state index in [9.17, 15) is 8.42 Å². The van der Waals surface area contributed by atoms with Gasteiger partial charge in [0.1, 0.15) is 5.75 Å². The zero-order valence-corrected chi connectivity index (χ0v) is 20.1. The fourth-order valence-corrected chi connectivity index (χ4v) is 5.38. The molecule has 1 atom stereocenters. The fourth-order valence-electron chi connectivity index (χ4n) is 4.03. The molecule has 4 rings (SSSR count). The first-order chi connectivity index (χ1) is 15.8. The number of hydrogen-bond donors (Lipinski definition) is 0. The van der Waals surface area contributed by atoms with E-state index in [1.165, 1.54) is 4.31 Å². The van der Waals surface area contributed by atoms with Gasteiger partial charge in [-0.15, -0.1) is 0 Å². The molecule has 0 saturated heterocycles. The number of aliphatic imine (C=N–C) groups is 1. The van der Waals surface area contributed by atoms with Crippen LogP contribution >= 0.6 is 0 Å². The second-order valence-corrected chi connectivity index (χ2v) is 10.3. The lowest BCUT2D eigenvalue weighted by atomic mass is 9.77. The number of ether oxygens (including phenoxy) is 1. The molecule has 6 heteroatoms. The molecular weight excluding hydrogens is 432 g/mol. The summed E-state index contributed by atoms with van der Waals surface area (Å²) in [7, 11) is -2.13. The smallest absolute Gasteiger partial charge is 0.268 e. The second-order valence-electron chi connectivity index (χ2n) is 8.45. The van der Waals surface area contributed by atoms with Crippen LogP contribution in [0.1, 0.15) is 31.4 Å². The minimum Gasteiger partial charge on any atom is -0.497 e. The van der Waals surface area contributed by atoms with E-state index in [4.69, 9.17) is 9.73 Å². The molecule has 3 aromatic rings. The second kappa shape index (κ2) is 8.87.